The molecule has 7 nitrogen and oxygen atoms in total. The van der Waals surface area contributed by atoms with E-state index in [2.05, 4.69) is 21.2 Å². The largest absolute Gasteiger partial charge is 0.480 e. The lowest BCUT2D eigenvalue weighted by Gasteiger charge is -2.09. The van der Waals surface area contributed by atoms with Gasteiger partial charge in [-0.2, -0.15) is 0 Å². The first-order chi connectivity index (χ1) is 8.31. The zero-order valence-corrected chi connectivity index (χ0v) is 10.8. The van der Waals surface area contributed by atoms with Crippen molar-refractivity contribution < 1.29 is 19.6 Å². The Hall–Kier alpha value is -1.96. The van der Waals surface area contributed by atoms with Gasteiger partial charge in [-0.05, 0) is 13.0 Å². The van der Waals surface area contributed by atoms with E-state index in [0.717, 1.165) is 6.07 Å². The summed E-state index contributed by atoms with van der Waals surface area (Å²) in [4.78, 5) is 32.2. The smallest absolute Gasteiger partial charge is 0.325 e. The normalized spacial score (nSPS) is 11.7. The van der Waals surface area contributed by atoms with Crippen LogP contribution in [0.3, 0.4) is 0 Å². The Labute approximate surface area is 110 Å². The van der Waals surface area contributed by atoms with Crippen molar-refractivity contribution >= 4 is 33.5 Å². The molecule has 1 aromatic rings. The Morgan fingerprint density at radius 1 is 1.44 bits per heavy atom. The summed E-state index contributed by atoms with van der Waals surface area (Å²) in [7, 11) is 0. The van der Waals surface area contributed by atoms with Crippen molar-refractivity contribution in [2.75, 3.05) is 0 Å². The van der Waals surface area contributed by atoms with Gasteiger partial charge in [0.1, 0.15) is 6.04 Å². The maximum absolute atomic E-state index is 11.7. The van der Waals surface area contributed by atoms with Crippen LogP contribution in [0.4, 0.5) is 5.69 Å². The van der Waals surface area contributed by atoms with Gasteiger partial charge in [0.15, 0.2) is 0 Å². The Balaban J connectivity index is 2.99. The van der Waals surface area contributed by atoms with Crippen LogP contribution in [0.2, 0.25) is 0 Å². The van der Waals surface area contributed by atoms with E-state index in [1.54, 1.807) is 0 Å². The molecule has 1 unspecified atom stereocenters. The second-order valence-corrected chi connectivity index (χ2v) is 4.40. The first-order valence-electron chi connectivity index (χ1n) is 4.80. The molecular weight excluding hydrogens is 308 g/mol. The summed E-state index contributed by atoms with van der Waals surface area (Å²) in [5, 5.41) is 21.5. The van der Waals surface area contributed by atoms with Gasteiger partial charge in [0, 0.05) is 22.2 Å². The van der Waals surface area contributed by atoms with E-state index < -0.39 is 22.8 Å². The van der Waals surface area contributed by atoms with Crippen molar-refractivity contribution in [3.8, 4) is 0 Å². The van der Waals surface area contributed by atoms with Crippen molar-refractivity contribution in [1.29, 1.82) is 0 Å². The molecule has 2 N–H and O–H groups in total. The van der Waals surface area contributed by atoms with Crippen molar-refractivity contribution in [1.82, 2.24) is 5.32 Å². The summed E-state index contributed by atoms with van der Waals surface area (Å²) >= 11 is 3.04. The van der Waals surface area contributed by atoms with Crippen LogP contribution in [0.1, 0.15) is 17.3 Å². The number of carboxylic acid groups (broad SMARTS) is 1. The van der Waals surface area contributed by atoms with Crippen LogP contribution in [0.25, 0.3) is 0 Å². The van der Waals surface area contributed by atoms with Crippen LogP contribution in [-0.2, 0) is 4.79 Å². The van der Waals surface area contributed by atoms with E-state index in [0.29, 0.717) is 4.47 Å². The van der Waals surface area contributed by atoms with Crippen molar-refractivity contribution in [2.24, 2.45) is 0 Å². The highest BCUT2D eigenvalue weighted by Gasteiger charge is 2.18. The van der Waals surface area contributed by atoms with E-state index in [-0.39, 0.29) is 11.3 Å². The number of carbonyl (C=O) groups is 2. The number of aliphatic carboxylic acids is 1. The minimum Gasteiger partial charge on any atom is -0.480 e. The maximum Gasteiger partial charge on any atom is 0.325 e. The molecule has 0 fully saturated rings. The summed E-state index contributed by atoms with van der Waals surface area (Å²) < 4.78 is 0.366. The highest BCUT2D eigenvalue weighted by atomic mass is 79.9. The number of nitrogens with zero attached hydrogens (tertiary/aromatic N) is 1. The monoisotopic (exact) mass is 316 g/mol. The Bertz CT molecular complexity index is 517. The van der Waals surface area contributed by atoms with Crippen LogP contribution in [0.5, 0.6) is 0 Å². The Morgan fingerprint density at radius 3 is 2.56 bits per heavy atom. The van der Waals surface area contributed by atoms with E-state index >= 15 is 0 Å². The van der Waals surface area contributed by atoms with Crippen LogP contribution in [0, 0.1) is 10.1 Å². The predicted octanol–water partition coefficient (Wildman–Crippen LogP) is 1.56. The lowest BCUT2D eigenvalue weighted by molar-refractivity contribution is -0.385. The third-order valence-corrected chi connectivity index (χ3v) is 2.53. The van der Waals surface area contributed by atoms with Gasteiger partial charge in [-0.3, -0.25) is 19.7 Å². The fourth-order valence-electron chi connectivity index (χ4n) is 1.15. The zero-order valence-electron chi connectivity index (χ0n) is 9.21. The molecule has 1 atom stereocenters. The van der Waals surface area contributed by atoms with Gasteiger partial charge in [0.05, 0.1) is 4.92 Å². The van der Waals surface area contributed by atoms with E-state index in [4.69, 9.17) is 5.11 Å². The highest BCUT2D eigenvalue weighted by Crippen LogP contribution is 2.21. The molecule has 0 saturated carbocycles. The third kappa shape index (κ3) is 3.52. The topological polar surface area (TPSA) is 110 Å². The third-order valence-electron chi connectivity index (χ3n) is 2.07. The number of hydrogen-bond donors (Lipinski definition) is 2. The van der Waals surface area contributed by atoms with Gasteiger partial charge in [-0.15, -0.1) is 0 Å². The standard InChI is InChI=1S/C10H9BrN2O5/c1-5(10(15)16)12-9(14)6-2-7(11)4-8(3-6)13(17)18/h2-5H,1H3,(H,12,14)(H,15,16). The summed E-state index contributed by atoms with van der Waals surface area (Å²) in [5.41, 5.74) is -0.235. The number of nitro benzene ring substituents is 1. The van der Waals surface area contributed by atoms with Gasteiger partial charge in [-0.1, -0.05) is 15.9 Å². The van der Waals surface area contributed by atoms with Gasteiger partial charge in [-0.25, -0.2) is 0 Å². The number of nitro groups is 1. The average Bonchev–Trinajstić information content (AvgIpc) is 2.27. The molecular formula is C10H9BrN2O5. The molecule has 0 aliphatic rings. The van der Waals surface area contributed by atoms with Crippen LogP contribution in [0.15, 0.2) is 22.7 Å². The number of carboxylic acids is 1. The number of halogens is 1. The lowest BCUT2D eigenvalue weighted by Crippen LogP contribution is -2.38. The molecule has 0 aliphatic heterocycles. The summed E-state index contributed by atoms with van der Waals surface area (Å²) in [5.74, 6) is -1.87. The number of rotatable bonds is 4. The number of amides is 1. The Kier molecular flexibility index (Phi) is 4.38. The van der Waals surface area contributed by atoms with Crippen molar-refractivity contribution in [3.63, 3.8) is 0 Å². The van der Waals surface area contributed by atoms with Crippen molar-refractivity contribution in [2.45, 2.75) is 13.0 Å². The molecule has 0 radical (unpaired) electrons. The van der Waals surface area contributed by atoms with Gasteiger partial charge in [0.2, 0.25) is 0 Å². The number of benzene rings is 1. The maximum atomic E-state index is 11.7. The first-order valence-corrected chi connectivity index (χ1v) is 5.59. The molecule has 1 rings (SSSR count). The van der Waals surface area contributed by atoms with Gasteiger partial charge in [0.25, 0.3) is 11.6 Å². The second kappa shape index (κ2) is 5.58. The highest BCUT2D eigenvalue weighted by molar-refractivity contribution is 9.10. The van der Waals surface area contributed by atoms with Gasteiger partial charge >= 0.3 is 5.97 Å². The Morgan fingerprint density at radius 2 is 2.06 bits per heavy atom. The van der Waals surface area contributed by atoms with Crippen molar-refractivity contribution in [3.05, 3.63) is 38.3 Å². The van der Waals surface area contributed by atoms with Crippen LogP contribution >= 0.6 is 15.9 Å². The molecule has 0 aromatic heterocycles. The fraction of sp³-hybridized carbons (Fsp3) is 0.200. The first kappa shape index (κ1) is 14.1. The molecule has 1 aromatic carbocycles. The summed E-state index contributed by atoms with van der Waals surface area (Å²) in [6, 6.07) is 2.62. The molecule has 18 heavy (non-hydrogen) atoms. The summed E-state index contributed by atoms with van der Waals surface area (Å²) in [6.45, 7) is 1.30. The number of non-ortho nitro benzene ring substituents is 1. The van der Waals surface area contributed by atoms with Crippen LogP contribution in [-0.4, -0.2) is 27.9 Å². The zero-order chi connectivity index (χ0) is 13.9. The molecule has 1 amide bonds. The molecule has 0 saturated heterocycles. The van der Waals surface area contributed by atoms with Crippen LogP contribution < -0.4 is 5.32 Å². The molecule has 0 spiro atoms. The second-order valence-electron chi connectivity index (χ2n) is 3.49. The fourth-order valence-corrected chi connectivity index (χ4v) is 1.63. The quantitative estimate of drug-likeness (QED) is 0.647. The molecule has 96 valence electrons. The molecule has 0 bridgehead atoms. The number of hydrogen-bond acceptors (Lipinski definition) is 4. The summed E-state index contributed by atoms with van der Waals surface area (Å²) in [6.07, 6.45) is 0. The minimum atomic E-state index is -1.19. The molecule has 8 heteroatoms. The number of carbonyl (C=O) groups excluding carboxylic acids is 1. The van der Waals surface area contributed by atoms with Gasteiger partial charge < -0.3 is 10.4 Å². The average molecular weight is 317 g/mol. The molecule has 0 aliphatic carbocycles. The number of nitrogens with one attached hydrogen (secondary N) is 1. The minimum absolute atomic E-state index is 0.0178. The van der Waals surface area contributed by atoms with E-state index in [9.17, 15) is 19.7 Å². The molecule has 0 heterocycles. The lowest BCUT2D eigenvalue weighted by atomic mass is 10.2. The van der Waals surface area contributed by atoms with E-state index in [1.807, 2.05) is 0 Å². The SMILES string of the molecule is CC(NC(=O)c1cc(Br)cc([N+](=O)[O-])c1)C(=O)O. The van der Waals surface area contributed by atoms with E-state index in [1.165, 1.54) is 19.1 Å². The predicted molar refractivity (Wildman–Crippen MR) is 65.4 cm³/mol.